The van der Waals surface area contributed by atoms with Gasteiger partial charge in [0.25, 0.3) is 0 Å². The lowest BCUT2D eigenvalue weighted by molar-refractivity contribution is -0.137. The van der Waals surface area contributed by atoms with E-state index in [1.165, 1.54) is 86.3 Å². The fraction of sp³-hybridized carbons (Fsp3) is 0.512. The molecule has 0 amide bonds. The van der Waals surface area contributed by atoms with Crippen molar-refractivity contribution in [2.75, 3.05) is 31.6 Å². The zero-order valence-corrected chi connectivity index (χ0v) is 29.6. The molecule has 5 nitrogen and oxygen atoms in total. The molecule has 0 radical (unpaired) electrons. The van der Waals surface area contributed by atoms with E-state index in [-0.39, 0.29) is 5.97 Å². The van der Waals surface area contributed by atoms with Crippen LogP contribution in [0.3, 0.4) is 0 Å². The van der Waals surface area contributed by atoms with Crippen LogP contribution in [0.15, 0.2) is 71.8 Å². The molecule has 0 spiro atoms. The van der Waals surface area contributed by atoms with E-state index in [1.807, 2.05) is 25.2 Å². The maximum atomic E-state index is 11.2. The highest BCUT2D eigenvalue weighted by Gasteiger charge is 2.20. The summed E-state index contributed by atoms with van der Waals surface area (Å²) in [6.07, 6.45) is 22.1. The second-order valence-electron chi connectivity index (χ2n) is 12.1. The number of allylic oxidation sites excluding steroid dienone is 2. The minimum Gasteiger partial charge on any atom is -0.463 e. The van der Waals surface area contributed by atoms with Crippen molar-refractivity contribution in [3.63, 3.8) is 0 Å². The van der Waals surface area contributed by atoms with E-state index in [2.05, 4.69) is 74.3 Å². The average Bonchev–Trinajstić information content (AvgIpc) is 3.31. The largest absolute Gasteiger partial charge is 0.463 e. The summed E-state index contributed by atoms with van der Waals surface area (Å²) in [7, 11) is 1.99. The molecule has 1 fully saturated rings. The molecular weight excluding hydrogens is 568 g/mol. The molecule has 2 aromatic carbocycles. The third-order valence-corrected chi connectivity index (χ3v) is 8.21. The molecule has 0 saturated carbocycles. The monoisotopic (exact) mass is 628 g/mol. The third kappa shape index (κ3) is 13.5. The number of anilines is 1. The van der Waals surface area contributed by atoms with Crippen LogP contribution < -0.4 is 10.2 Å². The van der Waals surface area contributed by atoms with E-state index >= 15 is 0 Å². The maximum absolute atomic E-state index is 11.2. The number of unbranched alkanes of at least 4 members (excludes halogenated alkanes) is 2. The van der Waals surface area contributed by atoms with E-state index < -0.39 is 0 Å². The molecule has 46 heavy (non-hydrogen) atoms. The van der Waals surface area contributed by atoms with Crippen molar-refractivity contribution < 1.29 is 14.3 Å². The predicted molar refractivity (Wildman–Crippen MR) is 197 cm³/mol. The van der Waals surface area contributed by atoms with Crippen LogP contribution >= 0.6 is 0 Å². The van der Waals surface area contributed by atoms with Crippen LogP contribution in [0.4, 0.5) is 5.69 Å². The van der Waals surface area contributed by atoms with Crippen LogP contribution in [-0.2, 0) is 16.0 Å². The summed E-state index contributed by atoms with van der Waals surface area (Å²) in [5.41, 5.74) is 8.81. The van der Waals surface area contributed by atoms with Crippen LogP contribution in [-0.4, -0.2) is 39.0 Å². The van der Waals surface area contributed by atoms with Crippen molar-refractivity contribution in [3.8, 4) is 0 Å². The van der Waals surface area contributed by atoms with Crippen molar-refractivity contribution in [2.24, 2.45) is 0 Å². The number of nitrogens with zero attached hydrogens (tertiary/aromatic N) is 1. The molecule has 1 N–H and O–H groups in total. The number of hydrogen-bond donors (Lipinski definition) is 1. The van der Waals surface area contributed by atoms with E-state index in [9.17, 15) is 9.59 Å². The Morgan fingerprint density at radius 1 is 0.935 bits per heavy atom. The first-order chi connectivity index (χ1) is 22.4. The van der Waals surface area contributed by atoms with Gasteiger partial charge >= 0.3 is 5.97 Å². The van der Waals surface area contributed by atoms with Crippen molar-refractivity contribution in [1.82, 2.24) is 5.32 Å². The molecule has 2 aromatic rings. The van der Waals surface area contributed by atoms with Gasteiger partial charge in [0, 0.05) is 36.5 Å². The highest BCUT2D eigenvalue weighted by atomic mass is 16.5. The quantitative estimate of drug-likeness (QED) is 0.136. The molecule has 0 bridgehead atoms. The minimum atomic E-state index is -0.298. The smallest absolute Gasteiger partial charge is 0.330 e. The summed E-state index contributed by atoms with van der Waals surface area (Å²) in [5.74, 6) is -0.298. The third-order valence-electron chi connectivity index (χ3n) is 8.21. The second kappa shape index (κ2) is 23.0. The lowest BCUT2D eigenvalue weighted by atomic mass is 9.95. The summed E-state index contributed by atoms with van der Waals surface area (Å²) in [4.78, 5) is 25.0. The first-order valence-electron chi connectivity index (χ1n) is 17.8. The number of esters is 1. The number of carbonyl (C=O) groups is 2. The molecule has 1 saturated heterocycles. The molecule has 252 valence electrons. The molecule has 2 aliphatic rings. The van der Waals surface area contributed by atoms with E-state index in [0.29, 0.717) is 12.6 Å². The number of aryl methyl sites for hydroxylation is 1. The van der Waals surface area contributed by atoms with Gasteiger partial charge in [0.05, 0.1) is 6.61 Å². The molecule has 0 aromatic heterocycles. The van der Waals surface area contributed by atoms with Gasteiger partial charge in [-0.25, -0.2) is 4.79 Å². The Labute approximate surface area is 280 Å². The number of carbonyl (C=O) groups excluding carboxylic acids is 2. The predicted octanol–water partition coefficient (Wildman–Crippen LogP) is 10.2. The summed E-state index contributed by atoms with van der Waals surface area (Å²) >= 11 is 0. The Kier molecular flexibility index (Phi) is 19.3. The number of fused-ring (bicyclic) bond motifs is 1. The molecule has 1 atom stereocenters. The number of nitrogens with one attached hydrogen (secondary N) is 1. The Hall–Kier alpha value is -3.44. The molecule has 1 unspecified atom stereocenters. The Morgan fingerprint density at radius 2 is 1.61 bits per heavy atom. The van der Waals surface area contributed by atoms with Gasteiger partial charge in [-0.1, -0.05) is 102 Å². The SMILES string of the molecule is CCC.CCCCC(NC)c1ccc(/C=C/C(=O)OCC)cc1.CCCCc1ccc(C=O)cc1N1CCCC2=CCCC=C2C1. The molecule has 1 heterocycles. The minimum absolute atomic E-state index is 0.298. The van der Waals surface area contributed by atoms with Crippen molar-refractivity contribution in [3.05, 3.63) is 94.1 Å². The van der Waals surface area contributed by atoms with Crippen LogP contribution in [0.2, 0.25) is 0 Å². The standard InChI is InChI=1S/C21H27NO.C17H25NO2.C3H8/c1-2-3-7-19-12-11-17(16-23)14-21(19)22-13-6-10-18-8-4-5-9-20(18)15-22;1-4-6-7-16(18-3)15-11-8-14(9-12-15)10-13-17(19)20-5-2;1-3-2/h8-9,11-12,14,16H,2-7,10,13,15H2,1H3;8-13,16,18H,4-7H2,1-3H3;3H2,1-2H3/b;13-10+;. The lowest BCUT2D eigenvalue weighted by Crippen LogP contribution is -2.26. The number of ether oxygens (including phenoxy) is 1. The summed E-state index contributed by atoms with van der Waals surface area (Å²) in [6.45, 7) is 13.0. The number of hydrogen-bond acceptors (Lipinski definition) is 5. The Balaban J connectivity index is 0.000000298. The van der Waals surface area contributed by atoms with Gasteiger partial charge in [-0.05, 0) is 98.9 Å². The topological polar surface area (TPSA) is 58.6 Å². The van der Waals surface area contributed by atoms with Gasteiger partial charge < -0.3 is 15.0 Å². The molecule has 1 aliphatic carbocycles. The summed E-state index contributed by atoms with van der Waals surface area (Å²) in [6, 6.07) is 14.9. The number of aldehydes is 1. The fourth-order valence-electron chi connectivity index (χ4n) is 5.76. The van der Waals surface area contributed by atoms with Gasteiger partial charge in [0.1, 0.15) is 6.29 Å². The highest BCUT2D eigenvalue weighted by Crippen LogP contribution is 2.32. The zero-order chi connectivity index (χ0) is 33.6. The number of benzene rings is 2. The van der Waals surface area contributed by atoms with Crippen LogP contribution in [0.1, 0.15) is 132 Å². The van der Waals surface area contributed by atoms with Crippen molar-refractivity contribution >= 4 is 24.0 Å². The Bertz CT molecular complexity index is 1260. The molecule has 1 aliphatic heterocycles. The van der Waals surface area contributed by atoms with Gasteiger partial charge in [0.15, 0.2) is 0 Å². The van der Waals surface area contributed by atoms with Gasteiger partial charge in [0.2, 0.25) is 0 Å². The first-order valence-corrected chi connectivity index (χ1v) is 17.8. The van der Waals surface area contributed by atoms with Crippen LogP contribution in [0.25, 0.3) is 6.08 Å². The molecule has 4 rings (SSSR count). The van der Waals surface area contributed by atoms with Gasteiger partial charge in [-0.3, -0.25) is 4.79 Å². The zero-order valence-electron chi connectivity index (χ0n) is 29.6. The highest BCUT2D eigenvalue weighted by molar-refractivity contribution is 5.87. The van der Waals surface area contributed by atoms with E-state index in [4.69, 9.17) is 4.74 Å². The van der Waals surface area contributed by atoms with Crippen molar-refractivity contribution in [1.29, 1.82) is 0 Å². The van der Waals surface area contributed by atoms with Crippen LogP contribution in [0.5, 0.6) is 0 Å². The fourth-order valence-corrected chi connectivity index (χ4v) is 5.76. The lowest BCUT2D eigenvalue weighted by Gasteiger charge is -2.27. The first kappa shape index (κ1) is 38.7. The summed E-state index contributed by atoms with van der Waals surface area (Å²) < 4.78 is 4.85. The van der Waals surface area contributed by atoms with Gasteiger partial charge in [-0.15, -0.1) is 0 Å². The molecule has 5 heteroatoms. The summed E-state index contributed by atoms with van der Waals surface area (Å²) in [5, 5.41) is 3.35. The maximum Gasteiger partial charge on any atom is 0.330 e. The van der Waals surface area contributed by atoms with E-state index in [0.717, 1.165) is 43.3 Å². The normalized spacial score (nSPS) is 14.8. The average molecular weight is 629 g/mol. The van der Waals surface area contributed by atoms with Gasteiger partial charge in [-0.2, -0.15) is 0 Å². The van der Waals surface area contributed by atoms with Crippen LogP contribution in [0, 0.1) is 0 Å². The second-order valence-corrected chi connectivity index (χ2v) is 12.1. The van der Waals surface area contributed by atoms with Crippen molar-refractivity contribution in [2.45, 2.75) is 111 Å². The van der Waals surface area contributed by atoms with E-state index in [1.54, 1.807) is 18.6 Å². The Morgan fingerprint density at radius 3 is 2.24 bits per heavy atom. The number of rotatable bonds is 13. The molecular formula is C41H60N2O3.